The van der Waals surface area contributed by atoms with Gasteiger partial charge in [-0.1, -0.05) is 0 Å². The van der Waals surface area contributed by atoms with E-state index >= 15 is 0 Å². The molecule has 1 aliphatic heterocycles. The lowest BCUT2D eigenvalue weighted by Crippen LogP contribution is -2.42. The van der Waals surface area contributed by atoms with Crippen LogP contribution in [0.2, 0.25) is 0 Å². The first-order valence-electron chi connectivity index (χ1n) is 7.25. The van der Waals surface area contributed by atoms with Gasteiger partial charge in [0.25, 0.3) is 5.91 Å². The Labute approximate surface area is 128 Å². The van der Waals surface area contributed by atoms with E-state index < -0.39 is 0 Å². The Hall–Kier alpha value is -2.22. The van der Waals surface area contributed by atoms with E-state index in [1.54, 1.807) is 18.8 Å². The number of ether oxygens (including phenoxy) is 1. The molecular weight excluding hydrogens is 284 g/mol. The van der Waals surface area contributed by atoms with Gasteiger partial charge in [-0.3, -0.25) is 14.2 Å². The van der Waals surface area contributed by atoms with Crippen molar-refractivity contribution in [2.75, 3.05) is 13.7 Å². The number of aromatic nitrogens is 5. The van der Waals surface area contributed by atoms with Gasteiger partial charge in [0.15, 0.2) is 0 Å². The Morgan fingerprint density at radius 2 is 2.23 bits per heavy atom. The second-order valence-electron chi connectivity index (χ2n) is 5.60. The third kappa shape index (κ3) is 2.74. The monoisotopic (exact) mass is 304 g/mol. The van der Waals surface area contributed by atoms with Gasteiger partial charge in [-0.05, 0) is 18.4 Å². The summed E-state index contributed by atoms with van der Waals surface area (Å²) in [6.45, 7) is 0.653. The van der Waals surface area contributed by atoms with Gasteiger partial charge in [-0.15, -0.1) is 5.10 Å². The minimum Gasteiger partial charge on any atom is -0.379 e. The summed E-state index contributed by atoms with van der Waals surface area (Å²) in [5, 5.41) is 8.29. The average molecular weight is 304 g/mol. The van der Waals surface area contributed by atoms with Crippen molar-refractivity contribution in [3.63, 3.8) is 0 Å². The van der Waals surface area contributed by atoms with Crippen molar-refractivity contribution >= 4 is 5.91 Å². The second-order valence-corrected chi connectivity index (χ2v) is 5.60. The molecule has 8 heteroatoms. The summed E-state index contributed by atoms with van der Waals surface area (Å²) in [7, 11) is 5.32. The van der Waals surface area contributed by atoms with E-state index in [0.717, 1.165) is 12.0 Å². The third-order valence-electron chi connectivity index (χ3n) is 4.04. The van der Waals surface area contributed by atoms with E-state index in [0.29, 0.717) is 13.0 Å². The number of carbonyl (C=O) groups is 1. The molecule has 2 atom stereocenters. The van der Waals surface area contributed by atoms with Gasteiger partial charge in [0.05, 0.1) is 18.3 Å². The largest absolute Gasteiger partial charge is 0.379 e. The number of likely N-dealkylation sites (tertiary alicyclic amines) is 1. The maximum absolute atomic E-state index is 12.6. The molecule has 2 aromatic rings. The maximum atomic E-state index is 12.6. The number of carbonyl (C=O) groups excluding carboxylic acids is 1. The van der Waals surface area contributed by atoms with Crippen LogP contribution in [0.5, 0.6) is 0 Å². The molecule has 1 amide bonds. The lowest BCUT2D eigenvalue weighted by molar-refractivity contribution is 0.0500. The summed E-state index contributed by atoms with van der Waals surface area (Å²) in [4.78, 5) is 18.5. The summed E-state index contributed by atoms with van der Waals surface area (Å²) in [5.41, 5.74) is 1.09. The summed E-state index contributed by atoms with van der Waals surface area (Å²) in [6, 6.07) is -0.0227. The van der Waals surface area contributed by atoms with Gasteiger partial charge in [-0.25, -0.2) is 4.98 Å². The van der Waals surface area contributed by atoms with Crippen LogP contribution < -0.4 is 0 Å². The molecule has 3 rings (SSSR count). The van der Waals surface area contributed by atoms with Gasteiger partial charge >= 0.3 is 0 Å². The van der Waals surface area contributed by atoms with Crippen LogP contribution in [0.4, 0.5) is 0 Å². The minimum absolute atomic E-state index is 0.0212. The highest BCUT2D eigenvalue weighted by Gasteiger charge is 2.38. The van der Waals surface area contributed by atoms with Crippen LogP contribution in [0.15, 0.2) is 18.7 Å². The molecule has 22 heavy (non-hydrogen) atoms. The molecule has 3 heterocycles. The molecule has 1 aliphatic rings. The van der Waals surface area contributed by atoms with Crippen LogP contribution in [0.25, 0.3) is 0 Å². The van der Waals surface area contributed by atoms with Crippen molar-refractivity contribution in [2.45, 2.75) is 25.0 Å². The Balaban J connectivity index is 1.81. The normalized spacial score (nSPS) is 21.5. The van der Waals surface area contributed by atoms with Crippen molar-refractivity contribution in [3.05, 3.63) is 30.1 Å². The van der Waals surface area contributed by atoms with Crippen LogP contribution in [-0.2, 0) is 25.3 Å². The molecule has 0 bridgehead atoms. The average Bonchev–Trinajstić information content (AvgIpc) is 3.19. The van der Waals surface area contributed by atoms with Crippen molar-refractivity contribution in [1.82, 2.24) is 29.4 Å². The van der Waals surface area contributed by atoms with Crippen LogP contribution in [0.3, 0.4) is 0 Å². The van der Waals surface area contributed by atoms with E-state index in [9.17, 15) is 4.79 Å². The predicted octanol–water partition coefficient (Wildman–Crippen LogP) is 0.0208. The van der Waals surface area contributed by atoms with Crippen LogP contribution >= 0.6 is 0 Å². The fourth-order valence-corrected chi connectivity index (χ4v) is 2.98. The Morgan fingerprint density at radius 3 is 2.82 bits per heavy atom. The minimum atomic E-state index is -0.144. The van der Waals surface area contributed by atoms with Crippen molar-refractivity contribution < 1.29 is 9.53 Å². The molecular formula is C14H20N6O2. The van der Waals surface area contributed by atoms with E-state index in [1.807, 2.05) is 24.3 Å². The molecule has 0 saturated carbocycles. The first-order valence-corrected chi connectivity index (χ1v) is 7.25. The number of nitrogens with zero attached hydrogens (tertiary/aromatic N) is 6. The lowest BCUT2D eigenvalue weighted by Gasteiger charge is -2.26. The maximum Gasteiger partial charge on any atom is 0.293 e. The Kier molecular flexibility index (Phi) is 3.93. The molecule has 118 valence electrons. The standard InChI is InChI=1S/C14H20N6O2/c1-18-8-10(7-16-18)6-11-12(22-3)4-5-20(11)14(21)13-15-9-19(2)17-13/h7-9,11-12H,4-6H2,1-3H3/t11-,12+/m0/s1. The summed E-state index contributed by atoms with van der Waals surface area (Å²) < 4.78 is 8.85. The zero-order valence-corrected chi connectivity index (χ0v) is 13.0. The first-order chi connectivity index (χ1) is 10.6. The summed E-state index contributed by atoms with van der Waals surface area (Å²) in [6.07, 6.45) is 6.88. The van der Waals surface area contributed by atoms with E-state index in [2.05, 4.69) is 15.2 Å². The van der Waals surface area contributed by atoms with Gasteiger partial charge < -0.3 is 9.64 Å². The molecule has 0 radical (unpaired) electrons. The number of amides is 1. The number of hydrogen-bond acceptors (Lipinski definition) is 5. The number of rotatable bonds is 4. The molecule has 0 aromatic carbocycles. The van der Waals surface area contributed by atoms with Gasteiger partial charge in [0.2, 0.25) is 5.82 Å². The van der Waals surface area contributed by atoms with Crippen LogP contribution in [-0.4, -0.2) is 61.2 Å². The summed E-state index contributed by atoms with van der Waals surface area (Å²) >= 11 is 0. The molecule has 8 nitrogen and oxygen atoms in total. The first kappa shape index (κ1) is 14.7. The predicted molar refractivity (Wildman–Crippen MR) is 78.2 cm³/mol. The molecule has 0 aliphatic carbocycles. The second kappa shape index (κ2) is 5.88. The Bertz CT molecular complexity index is 664. The molecule has 2 aromatic heterocycles. The zero-order valence-electron chi connectivity index (χ0n) is 13.0. The molecule has 0 N–H and O–H groups in total. The molecule has 0 spiro atoms. The number of hydrogen-bond donors (Lipinski definition) is 0. The van der Waals surface area contributed by atoms with Crippen LogP contribution in [0, 0.1) is 0 Å². The van der Waals surface area contributed by atoms with E-state index in [1.165, 1.54) is 11.0 Å². The lowest BCUT2D eigenvalue weighted by atomic mass is 10.0. The highest BCUT2D eigenvalue weighted by molar-refractivity contribution is 5.90. The van der Waals surface area contributed by atoms with Crippen molar-refractivity contribution in [3.8, 4) is 0 Å². The smallest absolute Gasteiger partial charge is 0.293 e. The topological polar surface area (TPSA) is 78.1 Å². The van der Waals surface area contributed by atoms with Gasteiger partial charge in [0.1, 0.15) is 6.33 Å². The quantitative estimate of drug-likeness (QED) is 0.796. The van der Waals surface area contributed by atoms with Gasteiger partial charge in [-0.2, -0.15) is 5.10 Å². The Morgan fingerprint density at radius 1 is 1.41 bits per heavy atom. The fourth-order valence-electron chi connectivity index (χ4n) is 2.98. The SMILES string of the molecule is CO[C@@H]1CCN(C(=O)c2ncn(C)n2)[C@H]1Cc1cnn(C)c1. The van der Waals surface area contributed by atoms with E-state index in [4.69, 9.17) is 4.74 Å². The van der Waals surface area contributed by atoms with E-state index in [-0.39, 0.29) is 23.9 Å². The molecule has 1 fully saturated rings. The third-order valence-corrected chi connectivity index (χ3v) is 4.04. The van der Waals surface area contributed by atoms with Crippen molar-refractivity contribution in [1.29, 1.82) is 0 Å². The number of aryl methyl sites for hydroxylation is 2. The zero-order chi connectivity index (χ0) is 15.7. The highest BCUT2D eigenvalue weighted by Crippen LogP contribution is 2.25. The van der Waals surface area contributed by atoms with Crippen molar-refractivity contribution in [2.24, 2.45) is 14.1 Å². The fraction of sp³-hybridized carbons (Fsp3) is 0.571. The highest BCUT2D eigenvalue weighted by atomic mass is 16.5. The van der Waals surface area contributed by atoms with Crippen LogP contribution in [0.1, 0.15) is 22.6 Å². The van der Waals surface area contributed by atoms with Gasteiger partial charge in [0, 0.05) is 33.9 Å². The molecule has 0 unspecified atom stereocenters. The molecule has 1 saturated heterocycles. The number of methoxy groups -OCH3 is 1. The summed E-state index contributed by atoms with van der Waals surface area (Å²) in [5.74, 6) is 0.0875.